The summed E-state index contributed by atoms with van der Waals surface area (Å²) >= 11 is 0. The van der Waals surface area contributed by atoms with E-state index in [1.165, 1.54) is 0 Å². The summed E-state index contributed by atoms with van der Waals surface area (Å²) in [5.74, 6) is 0.602. The van der Waals surface area contributed by atoms with Crippen LogP contribution in [0.4, 0.5) is 0 Å². The lowest BCUT2D eigenvalue weighted by Crippen LogP contribution is -1.94. The minimum Gasteiger partial charge on any atom is -0.475 e. The molecule has 0 atom stereocenters. The highest BCUT2D eigenvalue weighted by Crippen LogP contribution is 2.26. The van der Waals surface area contributed by atoms with Crippen molar-refractivity contribution in [3.8, 4) is 5.88 Å². The van der Waals surface area contributed by atoms with Crippen LogP contribution in [0.25, 0.3) is 11.0 Å². The molecule has 0 saturated heterocycles. The van der Waals surface area contributed by atoms with E-state index in [1.807, 2.05) is 25.1 Å². The number of hydrogen-bond acceptors (Lipinski definition) is 3. The van der Waals surface area contributed by atoms with Crippen molar-refractivity contribution in [2.45, 2.75) is 20.3 Å². The second-order valence-electron chi connectivity index (χ2n) is 3.29. The van der Waals surface area contributed by atoms with E-state index >= 15 is 0 Å². The van der Waals surface area contributed by atoms with Gasteiger partial charge in [-0.05, 0) is 30.1 Å². The topological polar surface area (TPSA) is 35.3 Å². The van der Waals surface area contributed by atoms with Crippen LogP contribution >= 0.6 is 0 Å². The minimum atomic E-state index is 0.602. The molecule has 0 aliphatic carbocycles. The quantitative estimate of drug-likeness (QED) is 0.748. The Balaban J connectivity index is 2.42. The molecule has 0 N–H and O–H groups in total. The minimum absolute atomic E-state index is 0.602. The molecule has 14 heavy (non-hydrogen) atoms. The molecule has 1 aromatic carbocycles. The first-order chi connectivity index (χ1) is 6.83. The summed E-state index contributed by atoms with van der Waals surface area (Å²) in [7, 11) is 0. The lowest BCUT2D eigenvalue weighted by molar-refractivity contribution is 0.284. The Morgan fingerprint density at radius 2 is 2.29 bits per heavy atom. The summed E-state index contributed by atoms with van der Waals surface area (Å²) in [6, 6.07) is 5.94. The second kappa shape index (κ2) is 3.70. The highest BCUT2D eigenvalue weighted by molar-refractivity contribution is 5.84. The number of benzene rings is 1. The lowest BCUT2D eigenvalue weighted by atomic mass is 10.2. The van der Waals surface area contributed by atoms with Gasteiger partial charge in [-0.2, -0.15) is 0 Å². The number of nitrogens with zero attached hydrogens (tertiary/aromatic N) is 1. The summed E-state index contributed by atoms with van der Waals surface area (Å²) in [6.07, 6.45) is 0.972. The van der Waals surface area contributed by atoms with E-state index in [9.17, 15) is 0 Å². The smallest absolute Gasteiger partial charge is 0.262 e. The zero-order chi connectivity index (χ0) is 9.97. The van der Waals surface area contributed by atoms with Gasteiger partial charge in [0.2, 0.25) is 0 Å². The third-order valence-corrected chi connectivity index (χ3v) is 2.11. The number of fused-ring (bicyclic) bond motifs is 1. The Bertz CT molecular complexity index is 434. The van der Waals surface area contributed by atoms with Gasteiger partial charge in [-0.3, -0.25) is 0 Å². The molecule has 2 rings (SSSR count). The van der Waals surface area contributed by atoms with Crippen LogP contribution in [0.15, 0.2) is 22.7 Å². The highest BCUT2D eigenvalue weighted by Gasteiger charge is 2.09. The van der Waals surface area contributed by atoms with E-state index in [-0.39, 0.29) is 0 Å². The Labute approximate surface area is 82.7 Å². The first kappa shape index (κ1) is 9.06. The third kappa shape index (κ3) is 1.45. The molecule has 3 nitrogen and oxygen atoms in total. The van der Waals surface area contributed by atoms with Crippen LogP contribution in [0, 0.1) is 6.92 Å². The van der Waals surface area contributed by atoms with E-state index in [4.69, 9.17) is 9.26 Å². The molecule has 74 valence electrons. The van der Waals surface area contributed by atoms with Crippen molar-refractivity contribution in [3.05, 3.63) is 23.8 Å². The molecular weight excluding hydrogens is 178 g/mol. The molecule has 1 aromatic heterocycles. The first-order valence-corrected chi connectivity index (χ1v) is 4.80. The highest BCUT2D eigenvalue weighted by atomic mass is 16.5. The number of aromatic nitrogens is 1. The van der Waals surface area contributed by atoms with Crippen molar-refractivity contribution in [1.29, 1.82) is 0 Å². The normalized spacial score (nSPS) is 10.7. The zero-order valence-corrected chi connectivity index (χ0v) is 8.41. The zero-order valence-electron chi connectivity index (χ0n) is 8.41. The molecule has 0 radical (unpaired) electrons. The van der Waals surface area contributed by atoms with Crippen LogP contribution < -0.4 is 4.74 Å². The van der Waals surface area contributed by atoms with Gasteiger partial charge in [0, 0.05) is 0 Å². The van der Waals surface area contributed by atoms with Crippen LogP contribution in [0.1, 0.15) is 18.9 Å². The van der Waals surface area contributed by atoms with E-state index in [2.05, 4.69) is 12.1 Å². The molecule has 0 spiro atoms. The number of hydrogen-bond donors (Lipinski definition) is 0. The maximum atomic E-state index is 5.46. The molecule has 1 heterocycles. The molecule has 0 unspecified atom stereocenters. The molecule has 0 aliphatic heterocycles. The predicted octanol–water partition coefficient (Wildman–Crippen LogP) is 2.93. The monoisotopic (exact) mass is 191 g/mol. The maximum absolute atomic E-state index is 5.46. The summed E-state index contributed by atoms with van der Waals surface area (Å²) < 4.78 is 10.7. The average molecular weight is 191 g/mol. The van der Waals surface area contributed by atoms with Gasteiger partial charge in [-0.25, -0.2) is 0 Å². The number of aryl methyl sites for hydroxylation is 1. The van der Waals surface area contributed by atoms with E-state index in [0.29, 0.717) is 12.5 Å². The van der Waals surface area contributed by atoms with E-state index < -0.39 is 0 Å². The van der Waals surface area contributed by atoms with Crippen LogP contribution in [0.3, 0.4) is 0 Å². The molecule has 0 saturated carbocycles. The standard InChI is InChI=1S/C11H13NO2/c1-3-7-13-11-9-6-4-5-8(2)10(9)14-12-11/h4-6H,3,7H2,1-2H3. The Kier molecular flexibility index (Phi) is 2.39. The molecule has 0 fully saturated rings. The van der Waals surface area contributed by atoms with E-state index in [0.717, 1.165) is 23.0 Å². The summed E-state index contributed by atoms with van der Waals surface area (Å²) in [6.45, 7) is 4.74. The molecule has 2 aromatic rings. The van der Waals surface area contributed by atoms with Gasteiger partial charge in [-0.15, -0.1) is 0 Å². The summed E-state index contributed by atoms with van der Waals surface area (Å²) in [5.41, 5.74) is 1.90. The fourth-order valence-corrected chi connectivity index (χ4v) is 1.38. The Morgan fingerprint density at radius 3 is 3.07 bits per heavy atom. The molecule has 3 heteroatoms. The van der Waals surface area contributed by atoms with E-state index in [1.54, 1.807) is 0 Å². The fraction of sp³-hybridized carbons (Fsp3) is 0.364. The maximum Gasteiger partial charge on any atom is 0.262 e. The SMILES string of the molecule is CCCOc1noc2c(C)cccc12. The van der Waals surface area contributed by atoms with Crippen molar-refractivity contribution >= 4 is 11.0 Å². The molecular formula is C11H13NO2. The van der Waals surface area contributed by atoms with Gasteiger partial charge < -0.3 is 9.26 Å². The predicted molar refractivity (Wildman–Crippen MR) is 54.5 cm³/mol. The molecule has 0 aliphatic rings. The van der Waals surface area contributed by atoms with Crippen LogP contribution in [0.2, 0.25) is 0 Å². The number of para-hydroxylation sites is 1. The van der Waals surface area contributed by atoms with Gasteiger partial charge in [-0.1, -0.05) is 19.1 Å². The van der Waals surface area contributed by atoms with Gasteiger partial charge in [0.25, 0.3) is 5.88 Å². The van der Waals surface area contributed by atoms with Gasteiger partial charge in [0.15, 0.2) is 5.58 Å². The van der Waals surface area contributed by atoms with Crippen LogP contribution in [-0.2, 0) is 0 Å². The largest absolute Gasteiger partial charge is 0.475 e. The van der Waals surface area contributed by atoms with Crippen molar-refractivity contribution in [1.82, 2.24) is 5.16 Å². The number of ether oxygens (including phenoxy) is 1. The van der Waals surface area contributed by atoms with Crippen molar-refractivity contribution in [2.24, 2.45) is 0 Å². The summed E-state index contributed by atoms with van der Waals surface area (Å²) in [4.78, 5) is 0. The van der Waals surface area contributed by atoms with Gasteiger partial charge >= 0.3 is 0 Å². The van der Waals surface area contributed by atoms with Crippen molar-refractivity contribution in [3.63, 3.8) is 0 Å². The second-order valence-corrected chi connectivity index (χ2v) is 3.29. The Morgan fingerprint density at radius 1 is 1.43 bits per heavy atom. The fourth-order valence-electron chi connectivity index (χ4n) is 1.38. The van der Waals surface area contributed by atoms with Crippen molar-refractivity contribution in [2.75, 3.05) is 6.61 Å². The first-order valence-electron chi connectivity index (χ1n) is 4.80. The lowest BCUT2D eigenvalue weighted by Gasteiger charge is -1.98. The van der Waals surface area contributed by atoms with Crippen LogP contribution in [0.5, 0.6) is 5.88 Å². The molecule has 0 amide bonds. The van der Waals surface area contributed by atoms with Crippen molar-refractivity contribution < 1.29 is 9.26 Å². The average Bonchev–Trinajstić information content (AvgIpc) is 2.60. The van der Waals surface area contributed by atoms with Gasteiger partial charge in [0.1, 0.15) is 0 Å². The van der Waals surface area contributed by atoms with Gasteiger partial charge in [0.05, 0.1) is 12.0 Å². The summed E-state index contributed by atoms with van der Waals surface area (Å²) in [5, 5.41) is 4.85. The third-order valence-electron chi connectivity index (χ3n) is 2.11. The number of rotatable bonds is 3. The molecule has 0 bridgehead atoms. The Hall–Kier alpha value is -1.51. The van der Waals surface area contributed by atoms with Crippen LogP contribution in [-0.4, -0.2) is 11.8 Å².